The van der Waals surface area contributed by atoms with Crippen molar-refractivity contribution in [2.45, 2.75) is 52.7 Å². The van der Waals surface area contributed by atoms with E-state index in [0.29, 0.717) is 4.90 Å². The lowest BCUT2D eigenvalue weighted by atomic mass is 10.1. The molecule has 0 spiro atoms. The number of amides is 2. The average Bonchev–Trinajstić information content (AvgIpc) is 2.53. The Hall–Kier alpha value is -3.30. The van der Waals surface area contributed by atoms with Gasteiger partial charge in [0, 0.05) is 22.9 Å². The molecule has 0 aliphatic heterocycles. The van der Waals surface area contributed by atoms with E-state index in [0.717, 1.165) is 18.3 Å². The number of benzene rings is 1. The Labute approximate surface area is 166 Å². The number of halogens is 1. The smallest absolute Gasteiger partial charge is 0.425 e. The molecule has 10 heteroatoms. The maximum atomic E-state index is 14.3. The van der Waals surface area contributed by atoms with Crippen molar-refractivity contribution in [3.05, 3.63) is 40.3 Å². The molecule has 0 unspecified atom stereocenters. The van der Waals surface area contributed by atoms with E-state index in [1.54, 1.807) is 41.5 Å². The third kappa shape index (κ3) is 5.37. The van der Waals surface area contributed by atoms with E-state index in [4.69, 9.17) is 9.47 Å². The predicted molar refractivity (Wildman–Crippen MR) is 103 cm³/mol. The number of rotatable bonds is 2. The first kappa shape index (κ1) is 22.0. The molecule has 1 heterocycles. The normalized spacial score (nSPS) is 11.8. The number of non-ortho nitro benzene ring substituents is 1. The highest BCUT2D eigenvalue weighted by molar-refractivity contribution is 6.14. The van der Waals surface area contributed by atoms with Gasteiger partial charge in [-0.2, -0.15) is 4.90 Å². The Balaban J connectivity index is 2.68. The number of nitro benzene ring substituents is 1. The van der Waals surface area contributed by atoms with Crippen LogP contribution in [0.2, 0.25) is 0 Å². The molecule has 0 N–H and O–H groups in total. The SMILES string of the molecule is CC(C)(C)OC(=O)N(C(=O)OC(C)(C)C)c1ncc(F)c2cc([N+](=O)[O-])ccc12. The molecule has 1 aromatic heterocycles. The first-order chi connectivity index (χ1) is 13.2. The molecule has 2 amide bonds. The molecular weight excluding hydrogens is 385 g/mol. The number of carbonyl (C=O) groups excluding carboxylic acids is 2. The van der Waals surface area contributed by atoms with Gasteiger partial charge in [-0.05, 0) is 47.6 Å². The van der Waals surface area contributed by atoms with Crippen LogP contribution in [0.25, 0.3) is 10.8 Å². The number of pyridine rings is 1. The van der Waals surface area contributed by atoms with Gasteiger partial charge in [0.05, 0.1) is 11.1 Å². The summed E-state index contributed by atoms with van der Waals surface area (Å²) >= 11 is 0. The van der Waals surface area contributed by atoms with Crippen LogP contribution in [0.15, 0.2) is 24.4 Å². The molecule has 0 radical (unpaired) electrons. The quantitative estimate of drug-likeness (QED) is 0.511. The van der Waals surface area contributed by atoms with Crippen LogP contribution in [0.5, 0.6) is 0 Å². The number of aromatic nitrogens is 1. The van der Waals surface area contributed by atoms with Crippen molar-refractivity contribution in [2.24, 2.45) is 0 Å². The molecule has 2 rings (SSSR count). The largest absolute Gasteiger partial charge is 0.443 e. The molecule has 29 heavy (non-hydrogen) atoms. The maximum absolute atomic E-state index is 14.3. The van der Waals surface area contributed by atoms with Crippen LogP contribution in [0.1, 0.15) is 41.5 Å². The lowest BCUT2D eigenvalue weighted by molar-refractivity contribution is -0.384. The number of imide groups is 1. The van der Waals surface area contributed by atoms with Crippen LogP contribution in [0.4, 0.5) is 25.5 Å². The van der Waals surface area contributed by atoms with Gasteiger partial charge in [0.25, 0.3) is 5.69 Å². The first-order valence-corrected chi connectivity index (χ1v) is 8.68. The molecule has 0 fully saturated rings. The van der Waals surface area contributed by atoms with Crippen molar-refractivity contribution in [1.29, 1.82) is 0 Å². The summed E-state index contributed by atoms with van der Waals surface area (Å²) < 4.78 is 24.8. The highest BCUT2D eigenvalue weighted by Crippen LogP contribution is 2.31. The Kier molecular flexibility index (Phi) is 5.77. The summed E-state index contributed by atoms with van der Waals surface area (Å²) in [6, 6.07) is 3.33. The van der Waals surface area contributed by atoms with E-state index in [-0.39, 0.29) is 22.3 Å². The topological polar surface area (TPSA) is 112 Å². The Morgan fingerprint density at radius 3 is 2.00 bits per heavy atom. The van der Waals surface area contributed by atoms with Gasteiger partial charge in [-0.3, -0.25) is 10.1 Å². The molecule has 2 aromatic rings. The van der Waals surface area contributed by atoms with Crippen LogP contribution in [0.3, 0.4) is 0 Å². The fourth-order valence-corrected chi connectivity index (χ4v) is 2.34. The molecule has 0 saturated carbocycles. The van der Waals surface area contributed by atoms with Crippen molar-refractivity contribution in [2.75, 3.05) is 4.90 Å². The standard InChI is InChI=1S/C19H22FN3O6/c1-18(2,3)28-16(24)22(17(25)29-19(4,5)6)15-12-8-7-11(23(26)27)9-13(12)14(20)10-21-15/h7-10H,1-6H3. The number of anilines is 1. The Morgan fingerprint density at radius 2 is 1.55 bits per heavy atom. The van der Waals surface area contributed by atoms with Gasteiger partial charge in [-0.25, -0.2) is 19.0 Å². The lowest BCUT2D eigenvalue weighted by Gasteiger charge is -2.28. The highest BCUT2D eigenvalue weighted by atomic mass is 19.1. The highest BCUT2D eigenvalue weighted by Gasteiger charge is 2.35. The second kappa shape index (κ2) is 7.61. The van der Waals surface area contributed by atoms with E-state index in [2.05, 4.69) is 4.98 Å². The third-order valence-electron chi connectivity index (χ3n) is 3.38. The van der Waals surface area contributed by atoms with Gasteiger partial charge in [-0.15, -0.1) is 0 Å². The molecule has 156 valence electrons. The van der Waals surface area contributed by atoms with E-state index >= 15 is 0 Å². The number of carbonyl (C=O) groups is 2. The number of nitro groups is 1. The molecule has 0 bridgehead atoms. The van der Waals surface area contributed by atoms with E-state index < -0.39 is 34.1 Å². The molecule has 0 aliphatic rings. The van der Waals surface area contributed by atoms with Gasteiger partial charge in [0.2, 0.25) is 0 Å². The van der Waals surface area contributed by atoms with Crippen molar-refractivity contribution in [3.63, 3.8) is 0 Å². The van der Waals surface area contributed by atoms with Gasteiger partial charge in [0.1, 0.15) is 17.0 Å². The minimum atomic E-state index is -1.08. The van der Waals surface area contributed by atoms with Gasteiger partial charge < -0.3 is 9.47 Å². The second-order valence-electron chi connectivity index (χ2n) is 8.21. The van der Waals surface area contributed by atoms with Gasteiger partial charge >= 0.3 is 12.2 Å². The summed E-state index contributed by atoms with van der Waals surface area (Å²) in [7, 11) is 0. The minimum absolute atomic E-state index is 0.00678. The fourth-order valence-electron chi connectivity index (χ4n) is 2.34. The summed E-state index contributed by atoms with van der Waals surface area (Å²) in [5.74, 6) is -1.11. The van der Waals surface area contributed by atoms with E-state index in [1.165, 1.54) is 6.07 Å². The molecule has 9 nitrogen and oxygen atoms in total. The summed E-state index contributed by atoms with van der Waals surface area (Å²) in [5.41, 5.74) is -2.23. The Morgan fingerprint density at radius 1 is 1.03 bits per heavy atom. The monoisotopic (exact) mass is 407 g/mol. The molecule has 1 aromatic carbocycles. The minimum Gasteiger partial charge on any atom is -0.443 e. The van der Waals surface area contributed by atoms with Crippen LogP contribution in [0, 0.1) is 15.9 Å². The maximum Gasteiger partial charge on any atom is 0.425 e. The summed E-state index contributed by atoms with van der Waals surface area (Å²) in [6.45, 7) is 9.65. The number of fused-ring (bicyclic) bond motifs is 1. The Bertz CT molecular complexity index is 950. The predicted octanol–water partition coefficient (Wildman–Crippen LogP) is 4.96. The van der Waals surface area contributed by atoms with Crippen molar-refractivity contribution >= 4 is 34.5 Å². The summed E-state index contributed by atoms with van der Waals surface area (Å²) in [4.78, 5) is 40.2. The van der Waals surface area contributed by atoms with E-state index in [9.17, 15) is 24.1 Å². The number of hydrogen-bond acceptors (Lipinski definition) is 7. The van der Waals surface area contributed by atoms with Crippen molar-refractivity contribution in [1.82, 2.24) is 4.98 Å². The van der Waals surface area contributed by atoms with Crippen molar-refractivity contribution < 1.29 is 28.4 Å². The second-order valence-corrected chi connectivity index (χ2v) is 8.21. The van der Waals surface area contributed by atoms with Crippen LogP contribution >= 0.6 is 0 Å². The van der Waals surface area contributed by atoms with Crippen molar-refractivity contribution in [3.8, 4) is 0 Å². The summed E-state index contributed by atoms with van der Waals surface area (Å²) in [5, 5.41) is 10.8. The van der Waals surface area contributed by atoms with Crippen LogP contribution < -0.4 is 4.90 Å². The number of nitrogens with zero attached hydrogens (tertiary/aromatic N) is 3. The zero-order chi connectivity index (χ0) is 22.1. The van der Waals surface area contributed by atoms with Gasteiger partial charge in [0.15, 0.2) is 5.82 Å². The average molecular weight is 407 g/mol. The lowest BCUT2D eigenvalue weighted by Crippen LogP contribution is -2.44. The number of ether oxygens (including phenoxy) is 2. The zero-order valence-corrected chi connectivity index (χ0v) is 17.0. The van der Waals surface area contributed by atoms with Crippen LogP contribution in [-0.4, -0.2) is 33.3 Å². The molecule has 0 atom stereocenters. The molecule has 0 aliphatic carbocycles. The fraction of sp³-hybridized carbons (Fsp3) is 0.421. The summed E-state index contributed by atoms with van der Waals surface area (Å²) in [6.07, 6.45) is -1.39. The third-order valence-corrected chi connectivity index (χ3v) is 3.38. The molecular formula is C19H22FN3O6. The molecule has 0 saturated heterocycles. The number of hydrogen-bond donors (Lipinski definition) is 0. The van der Waals surface area contributed by atoms with Gasteiger partial charge in [-0.1, -0.05) is 0 Å². The van der Waals surface area contributed by atoms with E-state index in [1.807, 2.05) is 0 Å². The first-order valence-electron chi connectivity index (χ1n) is 8.68. The van der Waals surface area contributed by atoms with Crippen LogP contribution in [-0.2, 0) is 9.47 Å². The zero-order valence-electron chi connectivity index (χ0n) is 17.0.